The van der Waals surface area contributed by atoms with Gasteiger partial charge in [0.25, 0.3) is 0 Å². The zero-order valence-corrected chi connectivity index (χ0v) is 31.1. The second kappa shape index (κ2) is 11.4. The monoisotopic (exact) mass is 711 g/mol. The Labute approximate surface area is 315 Å². The van der Waals surface area contributed by atoms with Crippen LogP contribution in [0.4, 0.5) is 17.1 Å². The third-order valence-electron chi connectivity index (χ3n) is 13.2. The number of nitrogens with zero attached hydrogens (tertiary/aromatic N) is 2. The summed E-state index contributed by atoms with van der Waals surface area (Å²) in [5, 5.41) is 23.5. The number of rotatable bonds is 6. The van der Waals surface area contributed by atoms with E-state index < -0.39 is 11.4 Å². The number of carboxylic acid groups (broad SMARTS) is 1. The van der Waals surface area contributed by atoms with E-state index in [1.807, 2.05) is 28.8 Å². The standard InChI is InChI=1S/C48H42N2O4/c1-47(2)36-14-8-7-12-31(36)32-19-18-29(25-37(32)47)50-38-15-9-13-33(38)34-24-28(17-20-39(34)50)43-45(53)35(46(43)54)26-41-48(3,4)44-30-11-6-5-10-27(30)16-21-40(44)49(41)23-22-42(51)52/h5-8,10-12,14,16-21,24-26,33,38H,9,13,15,22-23H2,1-4H3,(H-,51,52,53,54)/p+1. The average Bonchev–Trinajstić information content (AvgIpc) is 3.87. The summed E-state index contributed by atoms with van der Waals surface area (Å²) in [5.74, 6) is -0.713. The fourth-order valence-corrected chi connectivity index (χ4v) is 10.6. The first-order valence-electron chi connectivity index (χ1n) is 19.2. The number of ketones is 1. The minimum atomic E-state index is -0.885. The first kappa shape index (κ1) is 32.9. The average molecular weight is 712 g/mol. The molecule has 0 bridgehead atoms. The predicted octanol–water partition coefficient (Wildman–Crippen LogP) is 10.3. The van der Waals surface area contributed by atoms with E-state index in [0.29, 0.717) is 17.5 Å². The molecule has 0 saturated heterocycles. The van der Waals surface area contributed by atoms with Crippen molar-refractivity contribution in [2.45, 2.75) is 76.2 Å². The van der Waals surface area contributed by atoms with Crippen LogP contribution < -0.4 is 4.90 Å². The molecule has 0 aromatic heterocycles. The van der Waals surface area contributed by atoms with Gasteiger partial charge >= 0.3 is 5.97 Å². The van der Waals surface area contributed by atoms with E-state index >= 15 is 0 Å². The van der Waals surface area contributed by atoms with Gasteiger partial charge in [-0.2, -0.15) is 4.58 Å². The highest BCUT2D eigenvalue weighted by atomic mass is 16.4. The number of carbonyl (C=O) groups is 2. The molecule has 0 spiro atoms. The van der Waals surface area contributed by atoms with Crippen LogP contribution in [0, 0.1) is 0 Å². The van der Waals surface area contributed by atoms with Crippen LogP contribution >= 0.6 is 0 Å². The number of fused-ring (bicyclic) bond motifs is 9. The van der Waals surface area contributed by atoms with Gasteiger partial charge in [-0.15, -0.1) is 0 Å². The Morgan fingerprint density at radius 2 is 1.65 bits per heavy atom. The van der Waals surface area contributed by atoms with Crippen LogP contribution in [0.2, 0.25) is 0 Å². The van der Waals surface area contributed by atoms with Crippen molar-refractivity contribution >= 4 is 50.9 Å². The Bertz CT molecular complexity index is 2620. The van der Waals surface area contributed by atoms with Crippen LogP contribution in [-0.2, 0) is 20.4 Å². The van der Waals surface area contributed by atoms with E-state index in [1.165, 1.54) is 39.2 Å². The summed E-state index contributed by atoms with van der Waals surface area (Å²) in [6, 6.07) is 34.7. The molecule has 54 heavy (non-hydrogen) atoms. The number of hydrogen-bond acceptors (Lipinski definition) is 4. The maximum Gasteiger partial charge on any atom is 0.309 e. The minimum Gasteiger partial charge on any atom is -0.506 e. The van der Waals surface area contributed by atoms with Gasteiger partial charge in [0, 0.05) is 46.5 Å². The lowest BCUT2D eigenvalue weighted by molar-refractivity contribution is -0.436. The molecule has 5 aromatic carbocycles. The van der Waals surface area contributed by atoms with Gasteiger partial charge in [0.2, 0.25) is 11.5 Å². The molecule has 5 aliphatic rings. The molecule has 2 aliphatic heterocycles. The summed E-state index contributed by atoms with van der Waals surface area (Å²) >= 11 is 0. The van der Waals surface area contributed by atoms with Gasteiger partial charge < -0.3 is 15.1 Å². The zero-order chi connectivity index (χ0) is 37.3. The summed E-state index contributed by atoms with van der Waals surface area (Å²) in [7, 11) is 0. The van der Waals surface area contributed by atoms with Gasteiger partial charge in [0.05, 0.1) is 16.6 Å². The first-order valence-corrected chi connectivity index (χ1v) is 19.2. The van der Waals surface area contributed by atoms with Crippen molar-refractivity contribution in [1.82, 2.24) is 0 Å². The van der Waals surface area contributed by atoms with Crippen LogP contribution in [0.25, 0.3) is 27.5 Å². The van der Waals surface area contributed by atoms with Gasteiger partial charge in [0.1, 0.15) is 12.2 Å². The number of aliphatic hydroxyl groups is 1. The van der Waals surface area contributed by atoms with E-state index in [0.717, 1.165) is 52.6 Å². The molecule has 0 amide bonds. The Hall–Kier alpha value is -5.75. The smallest absolute Gasteiger partial charge is 0.309 e. The van der Waals surface area contributed by atoms with Crippen LogP contribution in [0.3, 0.4) is 0 Å². The Morgan fingerprint density at radius 3 is 2.46 bits per heavy atom. The molecule has 268 valence electrons. The highest BCUT2D eigenvalue weighted by molar-refractivity contribution is 6.40. The fraction of sp³-hybridized carbons (Fsp3) is 0.271. The van der Waals surface area contributed by atoms with E-state index in [2.05, 4.69) is 105 Å². The number of aliphatic hydroxyl groups excluding tert-OH is 1. The quantitative estimate of drug-likeness (QED) is 0.135. The van der Waals surface area contributed by atoms with E-state index in [4.69, 9.17) is 0 Å². The Morgan fingerprint density at radius 1 is 0.870 bits per heavy atom. The van der Waals surface area contributed by atoms with Crippen molar-refractivity contribution in [2.24, 2.45) is 0 Å². The van der Waals surface area contributed by atoms with Crippen LogP contribution in [0.15, 0.2) is 114 Å². The summed E-state index contributed by atoms with van der Waals surface area (Å²) in [5.41, 5.74) is 12.6. The van der Waals surface area contributed by atoms with Gasteiger partial charge in [-0.25, -0.2) is 0 Å². The second-order valence-corrected chi connectivity index (χ2v) is 16.7. The molecule has 2 heterocycles. The van der Waals surface area contributed by atoms with Crippen molar-refractivity contribution in [3.63, 3.8) is 0 Å². The number of anilines is 2. The molecule has 10 rings (SSSR count). The molecule has 6 nitrogen and oxygen atoms in total. The number of hydrogen-bond donors (Lipinski definition) is 2. The number of carboxylic acids is 1. The maximum atomic E-state index is 14.1. The topological polar surface area (TPSA) is 80.9 Å². The van der Waals surface area contributed by atoms with Crippen molar-refractivity contribution in [3.8, 4) is 11.1 Å². The highest BCUT2D eigenvalue weighted by Gasteiger charge is 2.49. The van der Waals surface area contributed by atoms with Crippen LogP contribution in [0.1, 0.15) is 87.1 Å². The summed E-state index contributed by atoms with van der Waals surface area (Å²) in [4.78, 5) is 28.4. The van der Waals surface area contributed by atoms with E-state index in [1.54, 1.807) is 6.08 Å². The maximum absolute atomic E-state index is 14.1. The number of Topliss-reactive ketones (excluding diaryl/α,β-unsaturated/α-hetero) is 1. The van der Waals surface area contributed by atoms with Crippen molar-refractivity contribution in [1.29, 1.82) is 0 Å². The first-order chi connectivity index (χ1) is 26.0. The molecule has 1 saturated carbocycles. The van der Waals surface area contributed by atoms with Crippen molar-refractivity contribution in [3.05, 3.63) is 142 Å². The predicted molar refractivity (Wildman–Crippen MR) is 215 cm³/mol. The molecule has 6 heteroatoms. The lowest BCUT2D eigenvalue weighted by Gasteiger charge is -2.29. The fourth-order valence-electron chi connectivity index (χ4n) is 10.6. The molecule has 3 aliphatic carbocycles. The third-order valence-corrected chi connectivity index (χ3v) is 13.2. The van der Waals surface area contributed by atoms with Crippen molar-refractivity contribution < 1.29 is 24.4 Å². The zero-order valence-electron chi connectivity index (χ0n) is 31.1. The Balaban J connectivity index is 1.02. The van der Waals surface area contributed by atoms with Gasteiger partial charge in [-0.05, 0) is 101 Å². The lowest BCUT2D eigenvalue weighted by Crippen LogP contribution is -2.31. The van der Waals surface area contributed by atoms with E-state index in [9.17, 15) is 19.8 Å². The molecule has 0 radical (unpaired) electrons. The second-order valence-electron chi connectivity index (χ2n) is 16.7. The van der Waals surface area contributed by atoms with Gasteiger partial charge in [-0.1, -0.05) is 80.9 Å². The van der Waals surface area contributed by atoms with Crippen LogP contribution in [-0.4, -0.2) is 44.8 Å². The highest BCUT2D eigenvalue weighted by Crippen LogP contribution is 2.56. The SMILES string of the molecule is CC1(C)C(C=C2C(=O)C(c3ccc4c(c3)C3CCCC3N4c3ccc4c(c3)C(C)(C)c3ccccc3-4)=C2O)=[N+](CCC(=O)O)c2ccc3ccccc3c21. The molecule has 5 aromatic rings. The molecular formula is C48H43N2O4+. The number of allylic oxidation sites excluding steroid dienone is 3. The summed E-state index contributed by atoms with van der Waals surface area (Å²) in [6.07, 6.45) is 5.11. The van der Waals surface area contributed by atoms with Crippen molar-refractivity contribution in [2.75, 3.05) is 11.4 Å². The Kier molecular flexibility index (Phi) is 6.92. The number of aliphatic carboxylic acids is 1. The van der Waals surface area contributed by atoms with Gasteiger partial charge in [0.15, 0.2) is 12.3 Å². The van der Waals surface area contributed by atoms with Crippen LogP contribution in [0.5, 0.6) is 0 Å². The summed E-state index contributed by atoms with van der Waals surface area (Å²) < 4.78 is 2.02. The molecule has 2 atom stereocenters. The van der Waals surface area contributed by atoms with Gasteiger partial charge in [-0.3, -0.25) is 9.59 Å². The van der Waals surface area contributed by atoms with E-state index in [-0.39, 0.29) is 35.5 Å². The number of benzene rings is 5. The number of carbonyl (C=O) groups excluding carboxylic acids is 1. The lowest BCUT2D eigenvalue weighted by atomic mass is 9.76. The molecule has 2 N–H and O–H groups in total. The third kappa shape index (κ3) is 4.43. The molecular weight excluding hydrogens is 669 g/mol. The summed E-state index contributed by atoms with van der Waals surface area (Å²) in [6.45, 7) is 9.13. The largest absolute Gasteiger partial charge is 0.506 e. The normalized spacial score (nSPS) is 22.0. The molecule has 2 unspecified atom stereocenters. The minimum absolute atomic E-state index is 0.000457. The molecule has 1 fully saturated rings.